The van der Waals surface area contributed by atoms with Gasteiger partial charge >= 0.3 is 0 Å². The Bertz CT molecular complexity index is 3090. The fourth-order valence-corrected chi connectivity index (χ4v) is 7.61. The lowest BCUT2D eigenvalue weighted by molar-refractivity contribution is 0.633. The fourth-order valence-electron chi connectivity index (χ4n) is 7.61. The van der Waals surface area contributed by atoms with Crippen molar-refractivity contribution in [1.29, 1.82) is 0 Å². The zero-order chi connectivity index (χ0) is 32.1. The number of aromatic nitrogens is 3. The van der Waals surface area contributed by atoms with Crippen LogP contribution in [0.1, 0.15) is 0 Å². The van der Waals surface area contributed by atoms with E-state index in [0.717, 1.165) is 99.5 Å². The third-order valence-electron chi connectivity index (χ3n) is 9.79. The molecule has 49 heavy (non-hydrogen) atoms. The van der Waals surface area contributed by atoms with Crippen molar-refractivity contribution in [2.24, 2.45) is 0 Å². The lowest BCUT2D eigenvalue weighted by Gasteiger charge is -2.11. The molecule has 0 unspecified atom stereocenters. The van der Waals surface area contributed by atoms with E-state index in [0.29, 0.717) is 0 Å². The summed E-state index contributed by atoms with van der Waals surface area (Å²) in [6.07, 6.45) is 0. The van der Waals surface area contributed by atoms with Crippen LogP contribution in [0.25, 0.3) is 105 Å². The third-order valence-corrected chi connectivity index (χ3v) is 9.79. The zero-order valence-electron chi connectivity index (χ0n) is 26.1. The molecule has 0 aliphatic heterocycles. The van der Waals surface area contributed by atoms with E-state index in [1.807, 2.05) is 48.5 Å². The summed E-state index contributed by atoms with van der Waals surface area (Å²) in [4.78, 5) is 9.89. The van der Waals surface area contributed by atoms with E-state index in [2.05, 4.69) is 108 Å². The molecule has 5 heterocycles. The minimum Gasteiger partial charge on any atom is -0.452 e. The van der Waals surface area contributed by atoms with E-state index in [1.54, 1.807) is 0 Å². The molecule has 5 heteroatoms. The fraction of sp³-hybridized carbons (Fsp3) is 0. The number of para-hydroxylation sites is 3. The van der Waals surface area contributed by atoms with Crippen LogP contribution in [0.15, 0.2) is 160 Å². The quantitative estimate of drug-likeness (QED) is 0.196. The maximum atomic E-state index is 6.61. The van der Waals surface area contributed by atoms with Crippen molar-refractivity contribution in [3.63, 3.8) is 0 Å². The van der Waals surface area contributed by atoms with Crippen LogP contribution in [0, 0.1) is 0 Å². The van der Waals surface area contributed by atoms with Crippen molar-refractivity contribution in [3.05, 3.63) is 152 Å². The van der Waals surface area contributed by atoms with Crippen molar-refractivity contribution >= 4 is 76.7 Å². The first-order valence-electron chi connectivity index (χ1n) is 16.4. The zero-order valence-corrected chi connectivity index (χ0v) is 26.1. The van der Waals surface area contributed by atoms with E-state index < -0.39 is 0 Å². The highest BCUT2D eigenvalue weighted by atomic mass is 16.4. The first-order valence-corrected chi connectivity index (χ1v) is 16.4. The first kappa shape index (κ1) is 26.4. The lowest BCUT2D eigenvalue weighted by atomic mass is 10.0. The maximum Gasteiger partial charge on any atom is 0.180 e. The van der Waals surface area contributed by atoms with Gasteiger partial charge in [-0.1, -0.05) is 97.1 Å². The summed E-state index contributed by atoms with van der Waals surface area (Å²) >= 11 is 0. The summed E-state index contributed by atoms with van der Waals surface area (Å²) in [6.45, 7) is 0. The second-order valence-electron chi connectivity index (χ2n) is 12.5. The van der Waals surface area contributed by atoms with Gasteiger partial charge in [-0.2, -0.15) is 0 Å². The maximum absolute atomic E-state index is 6.61. The molecule has 11 rings (SSSR count). The largest absolute Gasteiger partial charge is 0.452 e. The number of benzene rings is 6. The van der Waals surface area contributed by atoms with Gasteiger partial charge in [0.1, 0.15) is 11.2 Å². The smallest absolute Gasteiger partial charge is 0.180 e. The SMILES string of the molecule is c1ccc(-c2ccc3nc(-c4ccc(-n5c6ccccc6c6c7c8ccccc8oc7c7oc8ccccc8c7c65)cc4)ccc3n2)cc1. The summed E-state index contributed by atoms with van der Waals surface area (Å²) in [5, 5.41) is 6.61. The molecule has 0 fully saturated rings. The van der Waals surface area contributed by atoms with Crippen LogP contribution in [0.4, 0.5) is 0 Å². The van der Waals surface area contributed by atoms with Crippen molar-refractivity contribution in [2.45, 2.75) is 0 Å². The van der Waals surface area contributed by atoms with E-state index in [1.165, 1.54) is 5.39 Å². The minimum atomic E-state index is 0.768. The molecule has 6 aromatic carbocycles. The molecule has 0 bridgehead atoms. The van der Waals surface area contributed by atoms with Crippen LogP contribution in [0.3, 0.4) is 0 Å². The molecule has 228 valence electrons. The second kappa shape index (κ2) is 9.89. The van der Waals surface area contributed by atoms with Crippen LogP contribution in [-0.4, -0.2) is 14.5 Å². The molecule has 0 amide bonds. The van der Waals surface area contributed by atoms with Gasteiger partial charge in [-0.15, -0.1) is 0 Å². The van der Waals surface area contributed by atoms with E-state index in [9.17, 15) is 0 Å². The van der Waals surface area contributed by atoms with Gasteiger partial charge in [-0.05, 0) is 54.6 Å². The number of nitrogens with zero attached hydrogens (tertiary/aromatic N) is 3. The predicted octanol–water partition coefficient (Wildman–Crippen LogP) is 11.9. The molecule has 0 radical (unpaired) electrons. The average molecular weight is 628 g/mol. The summed E-state index contributed by atoms with van der Waals surface area (Å²) < 4.78 is 15.6. The first-order chi connectivity index (χ1) is 24.3. The van der Waals surface area contributed by atoms with Gasteiger partial charge in [0.2, 0.25) is 0 Å². The number of fused-ring (bicyclic) bond motifs is 13. The summed E-state index contributed by atoms with van der Waals surface area (Å²) in [5.74, 6) is 0. The van der Waals surface area contributed by atoms with E-state index in [-0.39, 0.29) is 0 Å². The Kier molecular flexibility index (Phi) is 5.32. The molecule has 0 aliphatic rings. The standard InChI is InChI=1S/C44H25N3O2/c1-2-10-26(11-3-1)32-22-24-35-34(45-32)25-23-33(46-35)27-18-20-28(21-19-27)47-36-15-7-4-12-29(36)39-40-30-13-5-8-16-37(30)48-43(40)44-41(42(39)47)31-14-6-9-17-38(31)49-44/h1-25H. The Balaban J connectivity index is 1.14. The summed E-state index contributed by atoms with van der Waals surface area (Å²) in [6, 6.07) is 52.3. The molecule has 0 saturated carbocycles. The Labute approximate surface area is 279 Å². The van der Waals surface area contributed by atoms with Crippen LogP contribution in [-0.2, 0) is 0 Å². The molecule has 5 nitrogen and oxygen atoms in total. The molecule has 0 aliphatic carbocycles. The van der Waals surface area contributed by atoms with Gasteiger partial charge in [0, 0.05) is 43.7 Å². The van der Waals surface area contributed by atoms with Gasteiger partial charge in [0.05, 0.1) is 38.8 Å². The van der Waals surface area contributed by atoms with Crippen LogP contribution < -0.4 is 0 Å². The minimum absolute atomic E-state index is 0.768. The molecular formula is C44H25N3O2. The van der Waals surface area contributed by atoms with Crippen LogP contribution in [0.5, 0.6) is 0 Å². The molecule has 5 aromatic heterocycles. The van der Waals surface area contributed by atoms with Crippen molar-refractivity contribution in [3.8, 4) is 28.2 Å². The van der Waals surface area contributed by atoms with Crippen molar-refractivity contribution in [1.82, 2.24) is 14.5 Å². The van der Waals surface area contributed by atoms with Gasteiger partial charge in [0.25, 0.3) is 0 Å². The topological polar surface area (TPSA) is 57.0 Å². The second-order valence-corrected chi connectivity index (χ2v) is 12.5. The Hall–Kier alpha value is -6.72. The Morgan fingerprint density at radius 2 is 0.939 bits per heavy atom. The van der Waals surface area contributed by atoms with Gasteiger partial charge < -0.3 is 13.4 Å². The number of pyridine rings is 2. The van der Waals surface area contributed by atoms with E-state index >= 15 is 0 Å². The van der Waals surface area contributed by atoms with E-state index in [4.69, 9.17) is 18.8 Å². The predicted molar refractivity (Wildman–Crippen MR) is 199 cm³/mol. The highest BCUT2D eigenvalue weighted by Gasteiger charge is 2.26. The molecule has 0 N–H and O–H groups in total. The van der Waals surface area contributed by atoms with Crippen molar-refractivity contribution in [2.75, 3.05) is 0 Å². The molecular weight excluding hydrogens is 603 g/mol. The van der Waals surface area contributed by atoms with Crippen LogP contribution >= 0.6 is 0 Å². The molecule has 0 spiro atoms. The number of hydrogen-bond donors (Lipinski definition) is 0. The normalized spacial score (nSPS) is 12.1. The summed E-state index contributed by atoms with van der Waals surface area (Å²) in [5.41, 5.74) is 12.3. The van der Waals surface area contributed by atoms with Crippen molar-refractivity contribution < 1.29 is 8.83 Å². The van der Waals surface area contributed by atoms with Gasteiger partial charge in [0.15, 0.2) is 11.2 Å². The molecule has 0 atom stereocenters. The average Bonchev–Trinajstić information content (AvgIpc) is 3.85. The molecule has 11 aromatic rings. The highest BCUT2D eigenvalue weighted by Crippen LogP contribution is 2.48. The number of rotatable bonds is 3. The van der Waals surface area contributed by atoms with Gasteiger partial charge in [-0.25, -0.2) is 9.97 Å². The number of furan rings is 2. The van der Waals surface area contributed by atoms with Gasteiger partial charge in [-0.3, -0.25) is 0 Å². The lowest BCUT2D eigenvalue weighted by Crippen LogP contribution is -1.95. The monoisotopic (exact) mass is 627 g/mol. The molecule has 0 saturated heterocycles. The Morgan fingerprint density at radius 1 is 0.408 bits per heavy atom. The van der Waals surface area contributed by atoms with Crippen LogP contribution in [0.2, 0.25) is 0 Å². The summed E-state index contributed by atoms with van der Waals surface area (Å²) in [7, 11) is 0. The number of hydrogen-bond acceptors (Lipinski definition) is 4. The third kappa shape index (κ3) is 3.75. The highest BCUT2D eigenvalue weighted by molar-refractivity contribution is 6.38. The Morgan fingerprint density at radius 3 is 1.61 bits per heavy atom.